The Kier molecular flexibility index (Phi) is 4.06. The van der Waals surface area contributed by atoms with Crippen LogP contribution in [0.25, 0.3) is 27.9 Å². The SMILES string of the molecule is C[C@H]1CN(c2ccc3nc(-c4cc(F)c5nn(C)cc5c4)nc(=O)n3c2)CCN1. The van der Waals surface area contributed by atoms with E-state index in [1.165, 1.54) is 10.5 Å². The van der Waals surface area contributed by atoms with Crippen LogP contribution in [0.4, 0.5) is 10.1 Å². The van der Waals surface area contributed by atoms with Crippen molar-refractivity contribution in [2.45, 2.75) is 13.0 Å². The molecule has 1 saturated heterocycles. The van der Waals surface area contributed by atoms with Crippen molar-refractivity contribution in [3.8, 4) is 11.4 Å². The van der Waals surface area contributed by atoms with Crippen molar-refractivity contribution in [1.82, 2.24) is 29.5 Å². The van der Waals surface area contributed by atoms with Gasteiger partial charge in [0.05, 0.1) is 5.69 Å². The number of aryl methyl sites for hydroxylation is 1. The lowest BCUT2D eigenvalue weighted by Gasteiger charge is -2.33. The van der Waals surface area contributed by atoms with Crippen LogP contribution < -0.4 is 15.9 Å². The highest BCUT2D eigenvalue weighted by Gasteiger charge is 2.17. The second-order valence-electron chi connectivity index (χ2n) is 7.45. The third-order valence-electron chi connectivity index (χ3n) is 5.21. The first-order valence-electron chi connectivity index (χ1n) is 9.50. The van der Waals surface area contributed by atoms with Crippen LogP contribution in [0.5, 0.6) is 0 Å². The minimum absolute atomic E-state index is 0.197. The van der Waals surface area contributed by atoms with E-state index in [1.807, 2.05) is 6.07 Å². The van der Waals surface area contributed by atoms with Crippen LogP contribution >= 0.6 is 0 Å². The predicted molar refractivity (Wildman–Crippen MR) is 109 cm³/mol. The van der Waals surface area contributed by atoms with E-state index >= 15 is 0 Å². The molecule has 0 spiro atoms. The number of aromatic nitrogens is 5. The summed E-state index contributed by atoms with van der Waals surface area (Å²) in [5, 5.41) is 8.14. The second-order valence-corrected chi connectivity index (χ2v) is 7.45. The van der Waals surface area contributed by atoms with E-state index in [1.54, 1.807) is 36.3 Å². The Morgan fingerprint density at radius 2 is 2.07 bits per heavy atom. The maximum absolute atomic E-state index is 14.4. The van der Waals surface area contributed by atoms with Gasteiger partial charge in [0.25, 0.3) is 0 Å². The smallest absolute Gasteiger partial charge is 0.355 e. The molecule has 5 rings (SSSR count). The van der Waals surface area contributed by atoms with E-state index in [9.17, 15) is 9.18 Å². The van der Waals surface area contributed by atoms with E-state index in [4.69, 9.17) is 0 Å². The van der Waals surface area contributed by atoms with E-state index in [0.29, 0.717) is 22.6 Å². The fourth-order valence-corrected chi connectivity index (χ4v) is 3.83. The minimum Gasteiger partial charge on any atom is -0.368 e. The highest BCUT2D eigenvalue weighted by molar-refractivity contribution is 5.83. The highest BCUT2D eigenvalue weighted by Crippen LogP contribution is 2.24. The maximum Gasteiger partial charge on any atom is 0.355 e. The van der Waals surface area contributed by atoms with Crippen LogP contribution in [0.2, 0.25) is 0 Å². The number of piperazine rings is 1. The fraction of sp³-hybridized carbons (Fsp3) is 0.300. The molecule has 1 aromatic carbocycles. The third kappa shape index (κ3) is 3.13. The molecule has 1 fully saturated rings. The van der Waals surface area contributed by atoms with Crippen LogP contribution in [0.1, 0.15) is 6.92 Å². The van der Waals surface area contributed by atoms with Gasteiger partial charge in [-0.3, -0.25) is 4.68 Å². The molecule has 1 aliphatic rings. The average Bonchev–Trinajstić information content (AvgIpc) is 3.08. The Balaban J connectivity index is 1.58. The number of hydrogen-bond donors (Lipinski definition) is 1. The number of fused-ring (bicyclic) bond motifs is 2. The zero-order valence-electron chi connectivity index (χ0n) is 16.1. The van der Waals surface area contributed by atoms with Gasteiger partial charge in [-0.2, -0.15) is 10.1 Å². The van der Waals surface area contributed by atoms with Gasteiger partial charge in [-0.1, -0.05) is 0 Å². The molecule has 0 unspecified atom stereocenters. The molecule has 8 nitrogen and oxygen atoms in total. The molecule has 3 aromatic heterocycles. The Labute approximate surface area is 165 Å². The van der Waals surface area contributed by atoms with Gasteiger partial charge < -0.3 is 10.2 Å². The van der Waals surface area contributed by atoms with Gasteiger partial charge in [0.1, 0.15) is 11.2 Å². The Morgan fingerprint density at radius 3 is 2.90 bits per heavy atom. The largest absolute Gasteiger partial charge is 0.368 e. The van der Waals surface area contributed by atoms with E-state index < -0.39 is 11.5 Å². The summed E-state index contributed by atoms with van der Waals surface area (Å²) in [6.45, 7) is 4.76. The first-order valence-corrected chi connectivity index (χ1v) is 9.50. The maximum atomic E-state index is 14.4. The van der Waals surface area contributed by atoms with Gasteiger partial charge in [-0.25, -0.2) is 18.6 Å². The van der Waals surface area contributed by atoms with Crippen LogP contribution in [0.3, 0.4) is 0 Å². The quantitative estimate of drug-likeness (QED) is 0.557. The van der Waals surface area contributed by atoms with Gasteiger partial charge in [0, 0.05) is 56.1 Å². The van der Waals surface area contributed by atoms with Gasteiger partial charge in [-0.15, -0.1) is 0 Å². The van der Waals surface area contributed by atoms with Crippen molar-refractivity contribution >= 4 is 22.2 Å². The topological polar surface area (TPSA) is 80.4 Å². The molecular weight excluding hydrogens is 373 g/mol. The standard InChI is InChI=1S/C20H20FN7O/c1-12-9-27(6-5-22-12)15-3-4-17-23-19(24-20(29)28(17)11-15)13-7-14-10-26(2)25-18(14)16(21)8-13/h3-4,7-8,10-12,22H,5-6,9H2,1-2H3/t12-/m0/s1. The van der Waals surface area contributed by atoms with Gasteiger partial charge in [-0.05, 0) is 31.2 Å². The molecular formula is C20H20FN7O. The van der Waals surface area contributed by atoms with E-state index in [-0.39, 0.29) is 11.3 Å². The van der Waals surface area contributed by atoms with Crippen LogP contribution in [0, 0.1) is 5.82 Å². The van der Waals surface area contributed by atoms with Crippen molar-refractivity contribution in [3.05, 3.63) is 53.0 Å². The van der Waals surface area contributed by atoms with Crippen LogP contribution in [-0.4, -0.2) is 49.8 Å². The first kappa shape index (κ1) is 17.7. The lowest BCUT2D eigenvalue weighted by atomic mass is 10.1. The summed E-state index contributed by atoms with van der Waals surface area (Å²) in [6.07, 6.45) is 3.49. The number of nitrogens with zero attached hydrogens (tertiary/aromatic N) is 6. The summed E-state index contributed by atoms with van der Waals surface area (Å²) in [4.78, 5) is 23.5. The molecule has 1 aliphatic heterocycles. The van der Waals surface area contributed by atoms with Crippen molar-refractivity contribution < 1.29 is 4.39 Å². The molecule has 148 valence electrons. The second kappa shape index (κ2) is 6.63. The lowest BCUT2D eigenvalue weighted by Crippen LogP contribution is -2.49. The molecule has 1 N–H and O–H groups in total. The summed E-state index contributed by atoms with van der Waals surface area (Å²) in [7, 11) is 1.73. The molecule has 4 heterocycles. The number of nitrogens with one attached hydrogen (secondary N) is 1. The summed E-state index contributed by atoms with van der Waals surface area (Å²) in [6, 6.07) is 7.19. The summed E-state index contributed by atoms with van der Waals surface area (Å²) in [5.41, 5.74) is 1.71. The Bertz CT molecular complexity index is 1300. The molecule has 0 bridgehead atoms. The zero-order valence-corrected chi connectivity index (χ0v) is 16.1. The highest BCUT2D eigenvalue weighted by atomic mass is 19.1. The summed E-state index contributed by atoms with van der Waals surface area (Å²) < 4.78 is 17.4. The zero-order chi connectivity index (χ0) is 20.1. The van der Waals surface area contributed by atoms with Gasteiger partial charge >= 0.3 is 5.69 Å². The number of halogens is 1. The first-order chi connectivity index (χ1) is 14.0. The van der Waals surface area contributed by atoms with E-state index in [2.05, 4.69) is 32.2 Å². The predicted octanol–water partition coefficient (Wildman–Crippen LogP) is 1.58. The van der Waals surface area contributed by atoms with Crippen LogP contribution in [0.15, 0.2) is 41.5 Å². The van der Waals surface area contributed by atoms with Gasteiger partial charge in [0.15, 0.2) is 11.6 Å². The number of hydrogen-bond acceptors (Lipinski definition) is 6. The molecule has 1 atom stereocenters. The Morgan fingerprint density at radius 1 is 1.21 bits per heavy atom. The molecule has 0 radical (unpaired) electrons. The van der Waals surface area contributed by atoms with Gasteiger partial charge in [0.2, 0.25) is 0 Å². The third-order valence-corrected chi connectivity index (χ3v) is 5.21. The number of rotatable bonds is 2. The molecule has 4 aromatic rings. The molecule has 0 aliphatic carbocycles. The van der Waals surface area contributed by atoms with E-state index in [0.717, 1.165) is 25.3 Å². The lowest BCUT2D eigenvalue weighted by molar-refractivity contribution is 0.484. The average molecular weight is 393 g/mol. The number of benzene rings is 1. The van der Waals surface area contributed by atoms with Crippen LogP contribution in [-0.2, 0) is 7.05 Å². The molecule has 9 heteroatoms. The Hall–Kier alpha value is -3.33. The normalized spacial score (nSPS) is 17.3. The molecule has 29 heavy (non-hydrogen) atoms. The van der Waals surface area contributed by atoms with Crippen molar-refractivity contribution in [2.75, 3.05) is 24.5 Å². The summed E-state index contributed by atoms with van der Waals surface area (Å²) in [5.74, 6) is -0.270. The minimum atomic E-state index is -0.468. The van der Waals surface area contributed by atoms with Crippen molar-refractivity contribution in [3.63, 3.8) is 0 Å². The fourth-order valence-electron chi connectivity index (χ4n) is 3.83. The number of anilines is 1. The monoisotopic (exact) mass is 393 g/mol. The van der Waals surface area contributed by atoms with Crippen molar-refractivity contribution in [2.24, 2.45) is 7.05 Å². The summed E-state index contributed by atoms with van der Waals surface area (Å²) >= 11 is 0. The van der Waals surface area contributed by atoms with Crippen molar-refractivity contribution in [1.29, 1.82) is 0 Å². The molecule has 0 amide bonds. The molecule has 0 saturated carbocycles. The number of pyridine rings is 1.